The molecule has 0 saturated carbocycles. The highest BCUT2D eigenvalue weighted by molar-refractivity contribution is 6.00. The van der Waals surface area contributed by atoms with Gasteiger partial charge in [-0.05, 0) is 69.5 Å². The fraction of sp³-hybridized carbons (Fsp3) is 0.439. The summed E-state index contributed by atoms with van der Waals surface area (Å²) in [6.45, 7) is 30.0. The molecule has 2 N–H and O–H groups in total. The van der Waals surface area contributed by atoms with E-state index in [2.05, 4.69) is 117 Å². The highest BCUT2D eigenvalue weighted by Crippen LogP contribution is 2.32. The molecule has 2 aromatic carbocycles. The van der Waals surface area contributed by atoms with Gasteiger partial charge >= 0.3 is 0 Å². The predicted octanol–water partition coefficient (Wildman–Crippen LogP) is 10.7. The summed E-state index contributed by atoms with van der Waals surface area (Å²) in [4.78, 5) is 8.16. The predicted molar refractivity (Wildman–Crippen MR) is 207 cm³/mol. The van der Waals surface area contributed by atoms with Gasteiger partial charge in [0.25, 0.3) is 5.82 Å². The zero-order valence-electron chi connectivity index (χ0n) is 31.6. The van der Waals surface area contributed by atoms with E-state index in [9.17, 15) is 0 Å². The Morgan fingerprint density at radius 2 is 1.62 bits per heavy atom. The first-order chi connectivity index (χ1) is 22.8. The van der Waals surface area contributed by atoms with Crippen molar-refractivity contribution >= 4 is 24.0 Å². The quantitative estimate of drug-likeness (QED) is 0.0977. The maximum atomic E-state index is 7.93. The van der Waals surface area contributed by atoms with Crippen LogP contribution in [0.15, 0.2) is 77.8 Å². The number of rotatable bonds is 8. The second kappa shape index (κ2) is 18.8. The molecule has 5 rings (SSSR count). The molecule has 7 nitrogen and oxygen atoms in total. The Kier molecular flexibility index (Phi) is 15.6. The fourth-order valence-electron chi connectivity index (χ4n) is 5.22. The molecule has 0 spiro atoms. The smallest absolute Gasteiger partial charge is 0.294 e. The van der Waals surface area contributed by atoms with Crippen LogP contribution in [0.25, 0.3) is 28.5 Å². The van der Waals surface area contributed by atoms with Gasteiger partial charge in [0.1, 0.15) is 30.5 Å². The number of hydrogen-bond donors (Lipinski definition) is 2. The van der Waals surface area contributed by atoms with Crippen molar-refractivity contribution in [3.05, 3.63) is 89.5 Å². The summed E-state index contributed by atoms with van der Waals surface area (Å²) < 4.78 is 6.73. The van der Waals surface area contributed by atoms with E-state index in [1.807, 2.05) is 56.6 Å². The lowest BCUT2D eigenvalue weighted by atomic mass is 10.0. The summed E-state index contributed by atoms with van der Waals surface area (Å²) in [5.41, 5.74) is 8.65. The number of allylic oxidation sites excluding steroid dienone is 2. The van der Waals surface area contributed by atoms with Crippen molar-refractivity contribution in [2.75, 3.05) is 0 Å². The number of benzene rings is 2. The topological polar surface area (TPSA) is 86.7 Å². The normalized spacial score (nSPS) is 11.7. The third kappa shape index (κ3) is 9.82. The molecule has 7 heteroatoms. The molecule has 4 aromatic rings. The van der Waals surface area contributed by atoms with Gasteiger partial charge in [-0.2, -0.15) is 4.57 Å². The van der Waals surface area contributed by atoms with Gasteiger partial charge in [0.05, 0.1) is 5.56 Å². The zero-order valence-corrected chi connectivity index (χ0v) is 31.6. The number of aliphatic imine (C=N–C) groups is 1. The summed E-state index contributed by atoms with van der Waals surface area (Å²) in [5.74, 6) is 3.78. The number of fused-ring (bicyclic) bond motifs is 3. The third-order valence-electron chi connectivity index (χ3n) is 8.56. The highest BCUT2D eigenvalue weighted by Gasteiger charge is 2.31. The highest BCUT2D eigenvalue weighted by atomic mass is 15.2. The van der Waals surface area contributed by atoms with Gasteiger partial charge in [-0.25, -0.2) is 14.5 Å². The molecule has 2 aromatic heterocycles. The fourth-order valence-corrected chi connectivity index (χ4v) is 5.22. The molecule has 0 fully saturated rings. The molecule has 0 radical (unpaired) electrons. The largest absolute Gasteiger partial charge is 0.328 e. The molecule has 0 atom stereocenters. The lowest BCUT2D eigenvalue weighted by Gasteiger charge is -2.12. The first-order valence-corrected chi connectivity index (χ1v) is 17.5. The van der Waals surface area contributed by atoms with Gasteiger partial charge in [0.2, 0.25) is 0 Å². The Labute approximate surface area is 290 Å². The van der Waals surface area contributed by atoms with E-state index in [1.54, 1.807) is 6.92 Å². The van der Waals surface area contributed by atoms with Crippen LogP contribution in [0.4, 0.5) is 0 Å². The monoisotopic (exact) mass is 650 g/mol. The number of nitrogens with one attached hydrogen (secondary N) is 2. The summed E-state index contributed by atoms with van der Waals surface area (Å²) in [7, 11) is 0. The van der Waals surface area contributed by atoms with Crippen LogP contribution in [0, 0.1) is 22.7 Å². The molecule has 1 aliphatic rings. The number of imidazole rings is 2. The van der Waals surface area contributed by atoms with Gasteiger partial charge in [-0.15, -0.1) is 0 Å². The minimum atomic E-state index is 0.221. The number of hydrogen-bond acceptors (Lipinski definition) is 3. The van der Waals surface area contributed by atoms with Crippen molar-refractivity contribution in [1.82, 2.24) is 14.1 Å². The lowest BCUT2D eigenvalue weighted by Crippen LogP contribution is -2.30. The van der Waals surface area contributed by atoms with E-state index in [0.29, 0.717) is 17.7 Å². The Morgan fingerprint density at radius 3 is 2.17 bits per heavy atom. The van der Waals surface area contributed by atoms with Gasteiger partial charge in [-0.1, -0.05) is 92.1 Å². The number of aromatic nitrogens is 4. The summed E-state index contributed by atoms with van der Waals surface area (Å²) >= 11 is 0. The minimum Gasteiger partial charge on any atom is -0.328 e. The van der Waals surface area contributed by atoms with E-state index in [1.165, 1.54) is 34.6 Å². The zero-order chi connectivity index (χ0) is 36.1. The van der Waals surface area contributed by atoms with Crippen LogP contribution < -0.4 is 4.57 Å². The van der Waals surface area contributed by atoms with E-state index < -0.39 is 0 Å². The molecule has 1 aliphatic heterocycles. The number of nitrogens with zero attached hydrogens (tertiary/aromatic N) is 5. The van der Waals surface area contributed by atoms with E-state index >= 15 is 0 Å². The molecule has 0 saturated heterocycles. The number of amidine groups is 1. The molecule has 0 aliphatic carbocycles. The van der Waals surface area contributed by atoms with Gasteiger partial charge in [0.15, 0.2) is 5.84 Å². The standard InChI is InChI=1S/C20H25N4.C14H17N3.C5H12.C2H6/c1-6-18(14(4)13(2)3)24-10-9-23-12-16-8-7-15(19(21)22-5)11-17(16)20(23)24;1-10(2)17-8-7-16-14(17)13-6-4-5-12(9-13)11(3)15;1-4-5(2)3;1-2/h7-11,13,21H,5-6,12H2,1-4H3;4-10,15H,1-3H3;5H,4H2,1-3H3;1-2H3/q+1;;;/b18-14-,21-19?;;;. The Hall–Kier alpha value is -4.39. The van der Waals surface area contributed by atoms with Crippen LogP contribution >= 0.6 is 0 Å². The molecule has 258 valence electrons. The Morgan fingerprint density at radius 1 is 0.958 bits per heavy atom. The summed E-state index contributed by atoms with van der Waals surface area (Å²) in [6.07, 6.45) is 10.4. The first kappa shape index (κ1) is 39.8. The van der Waals surface area contributed by atoms with E-state index in [-0.39, 0.29) is 5.84 Å². The third-order valence-corrected chi connectivity index (χ3v) is 8.56. The van der Waals surface area contributed by atoms with Crippen molar-refractivity contribution in [3.63, 3.8) is 0 Å². The van der Waals surface area contributed by atoms with Crippen LogP contribution in [-0.4, -0.2) is 32.4 Å². The summed E-state index contributed by atoms with van der Waals surface area (Å²) in [6, 6.07) is 14.5. The van der Waals surface area contributed by atoms with Crippen molar-refractivity contribution in [1.29, 1.82) is 10.8 Å². The minimum absolute atomic E-state index is 0.221. The maximum Gasteiger partial charge on any atom is 0.294 e. The average molecular weight is 651 g/mol. The van der Waals surface area contributed by atoms with E-state index in [0.717, 1.165) is 41.4 Å². The lowest BCUT2D eigenvalue weighted by molar-refractivity contribution is -0.671. The van der Waals surface area contributed by atoms with Crippen LogP contribution in [0.2, 0.25) is 0 Å². The molecular weight excluding hydrogens is 591 g/mol. The van der Waals surface area contributed by atoms with Gasteiger partial charge < -0.3 is 9.98 Å². The average Bonchev–Trinajstić information content (AvgIpc) is 3.82. The molecule has 0 unspecified atom stereocenters. The van der Waals surface area contributed by atoms with E-state index in [4.69, 9.17) is 10.8 Å². The summed E-state index contributed by atoms with van der Waals surface area (Å²) in [5, 5.41) is 15.6. The van der Waals surface area contributed by atoms with Crippen LogP contribution in [-0.2, 0) is 6.54 Å². The van der Waals surface area contributed by atoms with Crippen LogP contribution in [0.5, 0.6) is 0 Å². The second-order valence-corrected chi connectivity index (χ2v) is 12.9. The molecule has 0 amide bonds. The Balaban J connectivity index is 0.000000291. The van der Waals surface area contributed by atoms with Crippen LogP contribution in [0.3, 0.4) is 0 Å². The SMILES string of the molecule is C=NC(=N)c1ccc2c(c1)-c1n(/C(CC)=C(/C)C(C)C)cc[n+]1C2.CC.CC(=N)c1cccc(-c2nccn2C(C)C)c1.CCC(C)C. The molecule has 3 heterocycles. The van der Waals surface area contributed by atoms with Crippen molar-refractivity contribution in [3.8, 4) is 22.8 Å². The Bertz CT molecular complexity index is 1700. The van der Waals surface area contributed by atoms with Gasteiger partial charge in [-0.3, -0.25) is 5.41 Å². The second-order valence-electron chi connectivity index (χ2n) is 12.9. The molecule has 48 heavy (non-hydrogen) atoms. The van der Waals surface area contributed by atoms with Crippen molar-refractivity contribution in [2.45, 2.75) is 109 Å². The van der Waals surface area contributed by atoms with Gasteiger partial charge in [0, 0.05) is 47.3 Å². The molecular formula is C41H60N7+. The van der Waals surface area contributed by atoms with Crippen molar-refractivity contribution < 1.29 is 4.57 Å². The molecule has 0 bridgehead atoms. The first-order valence-electron chi connectivity index (χ1n) is 17.5. The van der Waals surface area contributed by atoms with Crippen molar-refractivity contribution in [2.24, 2.45) is 16.8 Å². The van der Waals surface area contributed by atoms with Crippen LogP contribution in [0.1, 0.15) is 119 Å². The maximum absolute atomic E-state index is 7.93.